The molecule has 0 bridgehead atoms. The molecular weight excluding hydrogens is 395 g/mol. The van der Waals surface area contributed by atoms with Gasteiger partial charge in [0.05, 0.1) is 23.6 Å². The maximum atomic E-state index is 13.1. The molecule has 3 rings (SSSR count). The number of aromatic nitrogens is 3. The van der Waals surface area contributed by atoms with Crippen molar-refractivity contribution < 1.29 is 18.0 Å². The minimum atomic E-state index is -4.43. The molecule has 0 spiro atoms. The van der Waals surface area contributed by atoms with Crippen LogP contribution in [0.1, 0.15) is 56.3 Å². The lowest BCUT2D eigenvalue weighted by Gasteiger charge is -2.31. The number of hydrogen-bond acceptors (Lipinski definition) is 4. The van der Waals surface area contributed by atoms with E-state index in [2.05, 4.69) is 15.4 Å². The molecule has 0 unspecified atom stereocenters. The van der Waals surface area contributed by atoms with Gasteiger partial charge in [0.1, 0.15) is 11.5 Å². The Balaban J connectivity index is 1.81. The number of rotatable bonds is 4. The Morgan fingerprint density at radius 3 is 2.53 bits per heavy atom. The number of hydrogen-bond donors (Lipinski definition) is 1. The van der Waals surface area contributed by atoms with E-state index in [1.165, 1.54) is 7.05 Å². The maximum Gasteiger partial charge on any atom is 0.433 e. The fourth-order valence-corrected chi connectivity index (χ4v) is 3.67. The molecule has 0 saturated heterocycles. The summed E-state index contributed by atoms with van der Waals surface area (Å²) in [7, 11) is 1.30. The van der Waals surface area contributed by atoms with Crippen molar-refractivity contribution in [2.24, 2.45) is 12.5 Å². The molecule has 9 heteroatoms. The zero-order chi connectivity index (χ0) is 22.3. The van der Waals surface area contributed by atoms with Gasteiger partial charge in [0.15, 0.2) is 0 Å². The Bertz CT molecular complexity index is 943. The van der Waals surface area contributed by atoms with E-state index in [1.807, 2.05) is 38.7 Å². The second-order valence-corrected chi connectivity index (χ2v) is 9.07. The molecule has 0 atom stereocenters. The molecule has 0 radical (unpaired) electrons. The average molecular weight is 423 g/mol. The van der Waals surface area contributed by atoms with Gasteiger partial charge in [-0.05, 0) is 42.9 Å². The molecule has 0 aromatic carbocycles. The van der Waals surface area contributed by atoms with Crippen molar-refractivity contribution in [3.05, 3.63) is 34.8 Å². The van der Waals surface area contributed by atoms with Crippen LogP contribution in [-0.4, -0.2) is 27.2 Å². The van der Waals surface area contributed by atoms with E-state index < -0.39 is 11.9 Å². The highest BCUT2D eigenvalue weighted by Crippen LogP contribution is 2.33. The van der Waals surface area contributed by atoms with Crippen LogP contribution in [0.5, 0.6) is 0 Å². The van der Waals surface area contributed by atoms with Gasteiger partial charge in [-0.1, -0.05) is 20.8 Å². The Hall–Kier alpha value is -2.58. The number of carbonyl (C=O) groups is 1. The SMILES string of the molecule is Cc1cc2c(nc1NC(=O)CC(C)(C)C)CCCN2Cc1cc(C(F)(F)F)n(C)n1. The third-order valence-corrected chi connectivity index (χ3v) is 4.97. The number of carbonyl (C=O) groups excluding carboxylic acids is 1. The molecule has 0 aliphatic carbocycles. The Labute approximate surface area is 174 Å². The first kappa shape index (κ1) is 22.1. The minimum absolute atomic E-state index is 0.0844. The van der Waals surface area contributed by atoms with Crippen molar-refractivity contribution in [2.45, 2.75) is 59.7 Å². The van der Waals surface area contributed by atoms with Gasteiger partial charge >= 0.3 is 6.18 Å². The van der Waals surface area contributed by atoms with Crippen LogP contribution in [-0.2, 0) is 31.0 Å². The predicted octanol–water partition coefficient (Wildman–Crippen LogP) is 4.47. The monoisotopic (exact) mass is 423 g/mol. The van der Waals surface area contributed by atoms with Crippen molar-refractivity contribution in [2.75, 3.05) is 16.8 Å². The molecule has 1 aliphatic rings. The molecule has 164 valence electrons. The summed E-state index contributed by atoms with van der Waals surface area (Å²) >= 11 is 0. The van der Waals surface area contributed by atoms with E-state index in [0.29, 0.717) is 24.5 Å². The summed E-state index contributed by atoms with van der Waals surface area (Å²) in [4.78, 5) is 19.0. The van der Waals surface area contributed by atoms with E-state index in [9.17, 15) is 18.0 Å². The first-order chi connectivity index (χ1) is 13.8. The molecule has 1 amide bonds. The number of alkyl halides is 3. The molecule has 1 aliphatic heterocycles. The highest BCUT2D eigenvalue weighted by atomic mass is 19.4. The Morgan fingerprint density at radius 1 is 1.23 bits per heavy atom. The first-order valence-electron chi connectivity index (χ1n) is 9.99. The molecule has 30 heavy (non-hydrogen) atoms. The molecule has 2 aromatic rings. The lowest BCUT2D eigenvalue weighted by molar-refractivity contribution is -0.143. The Morgan fingerprint density at radius 2 is 1.93 bits per heavy atom. The van der Waals surface area contributed by atoms with E-state index in [1.54, 1.807) is 0 Å². The summed E-state index contributed by atoms with van der Waals surface area (Å²) in [6, 6.07) is 3.04. The maximum absolute atomic E-state index is 13.1. The fourth-order valence-electron chi connectivity index (χ4n) is 3.67. The zero-order valence-electron chi connectivity index (χ0n) is 18.0. The second-order valence-electron chi connectivity index (χ2n) is 9.07. The first-order valence-corrected chi connectivity index (χ1v) is 9.99. The van der Waals surface area contributed by atoms with Gasteiger partial charge in [0, 0.05) is 20.0 Å². The largest absolute Gasteiger partial charge is 0.433 e. The van der Waals surface area contributed by atoms with Gasteiger partial charge in [-0.15, -0.1) is 0 Å². The van der Waals surface area contributed by atoms with Crippen molar-refractivity contribution in [3.63, 3.8) is 0 Å². The van der Waals surface area contributed by atoms with Crippen molar-refractivity contribution in [1.29, 1.82) is 0 Å². The minimum Gasteiger partial charge on any atom is -0.364 e. The van der Waals surface area contributed by atoms with Crippen LogP contribution in [0, 0.1) is 12.3 Å². The third-order valence-electron chi connectivity index (χ3n) is 4.97. The van der Waals surface area contributed by atoms with Crippen LogP contribution < -0.4 is 10.2 Å². The number of fused-ring (bicyclic) bond motifs is 1. The lowest BCUT2D eigenvalue weighted by Crippen LogP contribution is -2.30. The van der Waals surface area contributed by atoms with E-state index >= 15 is 0 Å². The van der Waals surface area contributed by atoms with Crippen molar-refractivity contribution >= 4 is 17.4 Å². The highest BCUT2D eigenvalue weighted by molar-refractivity contribution is 5.91. The van der Waals surface area contributed by atoms with E-state index in [0.717, 1.165) is 40.5 Å². The van der Waals surface area contributed by atoms with Gasteiger partial charge in [-0.25, -0.2) is 4.98 Å². The molecule has 1 N–H and O–H groups in total. The van der Waals surface area contributed by atoms with Gasteiger partial charge in [-0.2, -0.15) is 18.3 Å². The molecule has 3 heterocycles. The van der Waals surface area contributed by atoms with Crippen molar-refractivity contribution in [3.8, 4) is 0 Å². The van der Waals surface area contributed by atoms with Crippen LogP contribution in [0.3, 0.4) is 0 Å². The zero-order valence-corrected chi connectivity index (χ0v) is 18.0. The molecular formula is C21H28F3N5O. The summed E-state index contributed by atoms with van der Waals surface area (Å²) in [6.07, 6.45) is -2.46. The standard InChI is InChI=1S/C21H28F3N5O/c1-13-9-16-15(25-19(13)26-18(30)11-20(2,3)4)7-6-8-29(16)12-14-10-17(21(22,23)24)28(5)27-14/h9-10H,6-8,11-12H2,1-5H3,(H,25,26,30). The third kappa shape index (κ3) is 5.12. The normalized spacial score (nSPS) is 14.6. The predicted molar refractivity (Wildman–Crippen MR) is 109 cm³/mol. The Kier molecular flexibility index (Phi) is 5.84. The molecule has 2 aromatic heterocycles. The number of amides is 1. The van der Waals surface area contributed by atoms with E-state index in [-0.39, 0.29) is 17.9 Å². The topological polar surface area (TPSA) is 63.1 Å². The van der Waals surface area contributed by atoms with E-state index in [4.69, 9.17) is 0 Å². The van der Waals surface area contributed by atoms with Gasteiger partial charge < -0.3 is 10.2 Å². The number of halogens is 3. The summed E-state index contributed by atoms with van der Waals surface area (Å²) in [5.74, 6) is 0.459. The lowest BCUT2D eigenvalue weighted by atomic mass is 9.92. The molecule has 0 saturated carbocycles. The van der Waals surface area contributed by atoms with Crippen molar-refractivity contribution in [1.82, 2.24) is 14.8 Å². The number of nitrogens with zero attached hydrogens (tertiary/aromatic N) is 4. The van der Waals surface area contributed by atoms with Crippen LogP contribution >= 0.6 is 0 Å². The summed E-state index contributed by atoms with van der Waals surface area (Å²) in [5.41, 5.74) is 2.01. The van der Waals surface area contributed by atoms with Crippen LogP contribution in [0.4, 0.5) is 24.7 Å². The second kappa shape index (κ2) is 7.92. The number of aryl methyl sites for hydroxylation is 3. The van der Waals surface area contributed by atoms with Gasteiger partial charge in [0.2, 0.25) is 5.91 Å². The average Bonchev–Trinajstić information content (AvgIpc) is 2.95. The van der Waals surface area contributed by atoms with Crippen LogP contribution in [0.2, 0.25) is 0 Å². The molecule has 6 nitrogen and oxygen atoms in total. The molecule has 0 fully saturated rings. The number of nitrogens with one attached hydrogen (secondary N) is 1. The van der Waals surface area contributed by atoms with Gasteiger partial charge in [-0.3, -0.25) is 9.48 Å². The quantitative estimate of drug-likeness (QED) is 0.788. The van der Waals surface area contributed by atoms with Crippen LogP contribution in [0.15, 0.2) is 12.1 Å². The van der Waals surface area contributed by atoms with Gasteiger partial charge in [0.25, 0.3) is 0 Å². The summed E-state index contributed by atoms with van der Waals surface area (Å²) < 4.78 is 40.1. The number of pyridine rings is 1. The smallest absolute Gasteiger partial charge is 0.364 e. The summed E-state index contributed by atoms with van der Waals surface area (Å²) in [5, 5.41) is 6.93. The summed E-state index contributed by atoms with van der Waals surface area (Å²) in [6.45, 7) is 8.85. The van der Waals surface area contributed by atoms with Crippen LogP contribution in [0.25, 0.3) is 0 Å². The highest BCUT2D eigenvalue weighted by Gasteiger charge is 2.35. The fraction of sp³-hybridized carbons (Fsp3) is 0.571. The number of anilines is 2.